The molecule has 0 radical (unpaired) electrons. The second-order valence-corrected chi connectivity index (χ2v) is 8.00. The summed E-state index contributed by atoms with van der Waals surface area (Å²) >= 11 is 0. The highest BCUT2D eigenvalue weighted by atomic mass is 19.4. The van der Waals surface area contributed by atoms with Gasteiger partial charge in [-0.25, -0.2) is 4.98 Å². The van der Waals surface area contributed by atoms with Crippen molar-refractivity contribution < 1.29 is 36.1 Å². The molecule has 186 valence electrons. The zero-order valence-electron chi connectivity index (χ0n) is 17.9. The molecule has 1 fully saturated rings. The maximum absolute atomic E-state index is 12.9. The molecule has 0 saturated carbocycles. The quantitative estimate of drug-likeness (QED) is 0.341. The second-order valence-electron chi connectivity index (χ2n) is 8.00. The molecule has 1 saturated heterocycles. The van der Waals surface area contributed by atoms with Crippen LogP contribution in [0.4, 0.5) is 37.7 Å². The molecule has 0 atom stereocenters. The van der Waals surface area contributed by atoms with E-state index in [0.717, 1.165) is 16.7 Å². The van der Waals surface area contributed by atoms with Crippen molar-refractivity contribution in [1.82, 2.24) is 14.5 Å². The van der Waals surface area contributed by atoms with Crippen LogP contribution in [0.15, 0.2) is 30.6 Å². The summed E-state index contributed by atoms with van der Waals surface area (Å²) < 4.78 is 77.7. The molecule has 2 aromatic rings. The summed E-state index contributed by atoms with van der Waals surface area (Å²) in [7, 11) is 1.45. The van der Waals surface area contributed by atoms with Crippen LogP contribution in [-0.2, 0) is 24.1 Å². The number of alkyl halides is 6. The number of halogens is 6. The van der Waals surface area contributed by atoms with Gasteiger partial charge in [0, 0.05) is 44.5 Å². The van der Waals surface area contributed by atoms with Crippen LogP contribution in [0.1, 0.15) is 24.2 Å². The molecule has 0 aliphatic carbocycles. The summed E-state index contributed by atoms with van der Waals surface area (Å²) in [6.45, 7) is -0.973. The topological polar surface area (TPSA) is 84.5 Å². The summed E-state index contributed by atoms with van der Waals surface area (Å²) in [4.78, 5) is 30.0. The second kappa shape index (κ2) is 9.50. The Labute approximate surface area is 189 Å². The highest BCUT2D eigenvalue weighted by Crippen LogP contribution is 2.37. The lowest BCUT2D eigenvalue weighted by Crippen LogP contribution is -2.41. The molecule has 0 spiro atoms. The highest BCUT2D eigenvalue weighted by Gasteiger charge is 2.35. The Morgan fingerprint density at radius 1 is 1.21 bits per heavy atom. The number of benzene rings is 1. The van der Waals surface area contributed by atoms with Gasteiger partial charge in [0.05, 0.1) is 17.0 Å². The molecular formula is C20H21F6N5O3. The van der Waals surface area contributed by atoms with E-state index in [-0.39, 0.29) is 49.9 Å². The molecule has 2 heterocycles. The van der Waals surface area contributed by atoms with E-state index in [1.54, 1.807) is 4.90 Å². The average Bonchev–Trinajstić information content (AvgIpc) is 3.16. The smallest absolute Gasteiger partial charge is 0.366 e. The number of aromatic nitrogens is 2. The molecule has 1 aromatic carbocycles. The van der Waals surface area contributed by atoms with Crippen LogP contribution in [0.5, 0.6) is 0 Å². The minimum atomic E-state index is -4.72. The zero-order valence-corrected chi connectivity index (χ0v) is 17.9. The fourth-order valence-electron chi connectivity index (χ4n) is 3.91. The fraction of sp³-hybridized carbons (Fsp3) is 0.500. The lowest BCUT2D eigenvalue weighted by molar-refractivity contribution is -0.384. The molecule has 0 unspecified atom stereocenters. The Balaban J connectivity index is 1.64. The van der Waals surface area contributed by atoms with Crippen LogP contribution >= 0.6 is 0 Å². The minimum Gasteiger partial charge on any atom is -0.366 e. The van der Waals surface area contributed by atoms with Crippen molar-refractivity contribution in [3.8, 4) is 0 Å². The Morgan fingerprint density at radius 3 is 2.41 bits per heavy atom. The summed E-state index contributed by atoms with van der Waals surface area (Å²) in [6, 6.07) is 2.32. The van der Waals surface area contributed by atoms with Gasteiger partial charge >= 0.3 is 12.4 Å². The first-order valence-electron chi connectivity index (χ1n) is 10.2. The van der Waals surface area contributed by atoms with Crippen molar-refractivity contribution in [2.24, 2.45) is 5.92 Å². The molecule has 1 amide bonds. The van der Waals surface area contributed by atoms with E-state index in [1.807, 2.05) is 0 Å². The number of nitro benzene ring substituents is 1. The van der Waals surface area contributed by atoms with Crippen molar-refractivity contribution in [2.75, 3.05) is 25.0 Å². The van der Waals surface area contributed by atoms with Gasteiger partial charge in [0.25, 0.3) is 5.69 Å². The monoisotopic (exact) mass is 493 g/mol. The zero-order chi connectivity index (χ0) is 25.3. The molecular weight excluding hydrogens is 472 g/mol. The lowest BCUT2D eigenvalue weighted by atomic mass is 9.94. The number of rotatable bonds is 6. The third kappa shape index (κ3) is 5.97. The van der Waals surface area contributed by atoms with Crippen molar-refractivity contribution >= 4 is 17.3 Å². The molecule has 1 aliphatic rings. The van der Waals surface area contributed by atoms with E-state index >= 15 is 0 Å². The molecule has 0 bridgehead atoms. The number of anilines is 1. The van der Waals surface area contributed by atoms with Crippen molar-refractivity contribution in [1.29, 1.82) is 0 Å². The number of carbonyl (C=O) groups excluding carboxylic acids is 1. The van der Waals surface area contributed by atoms with Crippen LogP contribution in [0, 0.1) is 16.0 Å². The number of imidazole rings is 1. The summed E-state index contributed by atoms with van der Waals surface area (Å²) in [6.07, 6.45) is -6.21. The van der Waals surface area contributed by atoms with Gasteiger partial charge < -0.3 is 14.4 Å². The van der Waals surface area contributed by atoms with Gasteiger partial charge in [0.15, 0.2) is 0 Å². The molecule has 1 aromatic heterocycles. The van der Waals surface area contributed by atoms with Gasteiger partial charge in [-0.15, -0.1) is 0 Å². The van der Waals surface area contributed by atoms with Crippen LogP contribution < -0.4 is 4.90 Å². The SMILES string of the molecule is CN(Cc1nccn1CC(F)(F)F)C(=O)C1CCN(c2ccc(C(F)(F)F)cc2[N+](=O)[O-])CC1. The van der Waals surface area contributed by atoms with Gasteiger partial charge in [0.2, 0.25) is 5.91 Å². The predicted molar refractivity (Wildman–Crippen MR) is 108 cm³/mol. The van der Waals surface area contributed by atoms with Gasteiger partial charge in [-0.1, -0.05) is 0 Å². The molecule has 34 heavy (non-hydrogen) atoms. The van der Waals surface area contributed by atoms with Gasteiger partial charge in [-0.05, 0) is 25.0 Å². The standard InChI is InChI=1S/C20H21F6N5O3/c1-28(11-17-27-6-9-30(17)12-19(21,22)23)18(32)13-4-7-29(8-5-13)15-3-2-14(20(24,25)26)10-16(15)31(33)34/h2-3,6,9-10,13H,4-5,7-8,11-12H2,1H3. The normalized spacial score (nSPS) is 15.4. The van der Waals surface area contributed by atoms with E-state index in [0.29, 0.717) is 6.07 Å². The number of piperidine rings is 1. The highest BCUT2D eigenvalue weighted by molar-refractivity contribution is 5.79. The Hall–Kier alpha value is -3.32. The maximum atomic E-state index is 12.9. The molecule has 14 heteroatoms. The number of nitro groups is 1. The first-order valence-corrected chi connectivity index (χ1v) is 10.2. The summed E-state index contributed by atoms with van der Waals surface area (Å²) in [5, 5.41) is 11.3. The Kier molecular flexibility index (Phi) is 7.07. The number of nitrogens with zero attached hydrogens (tertiary/aromatic N) is 5. The number of hydrogen-bond acceptors (Lipinski definition) is 5. The first-order chi connectivity index (χ1) is 15.8. The van der Waals surface area contributed by atoms with Gasteiger partial charge in [0.1, 0.15) is 18.1 Å². The third-order valence-electron chi connectivity index (χ3n) is 5.59. The molecule has 1 aliphatic heterocycles. The summed E-state index contributed by atoms with van der Waals surface area (Å²) in [5.74, 6) is -0.727. The van der Waals surface area contributed by atoms with Crippen molar-refractivity contribution in [3.63, 3.8) is 0 Å². The van der Waals surface area contributed by atoms with Crippen LogP contribution in [0.2, 0.25) is 0 Å². The van der Waals surface area contributed by atoms with Gasteiger partial charge in [-0.3, -0.25) is 14.9 Å². The predicted octanol–water partition coefficient (Wildman–Crippen LogP) is 4.25. The van der Waals surface area contributed by atoms with E-state index in [1.165, 1.54) is 24.3 Å². The molecule has 8 nitrogen and oxygen atoms in total. The van der Waals surface area contributed by atoms with Gasteiger partial charge in [-0.2, -0.15) is 26.3 Å². The summed E-state index contributed by atoms with van der Waals surface area (Å²) in [5.41, 5.74) is -1.77. The molecule has 3 rings (SSSR count). The average molecular weight is 493 g/mol. The van der Waals surface area contributed by atoms with E-state index < -0.39 is 41.0 Å². The van der Waals surface area contributed by atoms with Crippen molar-refractivity contribution in [2.45, 2.75) is 38.3 Å². The lowest BCUT2D eigenvalue weighted by Gasteiger charge is -2.34. The fourth-order valence-corrected chi connectivity index (χ4v) is 3.91. The van der Waals surface area contributed by atoms with E-state index in [9.17, 15) is 41.3 Å². The van der Waals surface area contributed by atoms with Crippen LogP contribution in [0.3, 0.4) is 0 Å². The largest absolute Gasteiger partial charge is 0.416 e. The van der Waals surface area contributed by atoms with Crippen LogP contribution in [0.25, 0.3) is 0 Å². The van der Waals surface area contributed by atoms with Crippen molar-refractivity contribution in [3.05, 3.63) is 52.1 Å². The number of hydrogen-bond donors (Lipinski definition) is 0. The minimum absolute atomic E-state index is 0.0337. The first kappa shape index (κ1) is 25.3. The Morgan fingerprint density at radius 2 is 1.85 bits per heavy atom. The van der Waals surface area contributed by atoms with Crippen LogP contribution in [-0.4, -0.2) is 51.6 Å². The number of carbonyl (C=O) groups is 1. The molecule has 0 N–H and O–H groups in total. The number of amides is 1. The maximum Gasteiger partial charge on any atom is 0.416 e. The third-order valence-corrected chi connectivity index (χ3v) is 5.59. The van der Waals surface area contributed by atoms with E-state index in [2.05, 4.69) is 4.98 Å². The van der Waals surface area contributed by atoms with E-state index in [4.69, 9.17) is 0 Å². The Bertz CT molecular complexity index is 1040.